The van der Waals surface area contributed by atoms with E-state index in [1.54, 1.807) is 0 Å². The summed E-state index contributed by atoms with van der Waals surface area (Å²) < 4.78 is 31.0. The van der Waals surface area contributed by atoms with Crippen LogP contribution >= 0.6 is 7.60 Å². The maximum atomic E-state index is 14.0. The van der Waals surface area contributed by atoms with Crippen LogP contribution in [-0.4, -0.2) is 68.2 Å². The lowest BCUT2D eigenvalue weighted by Crippen LogP contribution is -2.62. The number of hydrogen-bond donors (Lipinski definition) is 5. The molecule has 0 aliphatic heterocycles. The van der Waals surface area contributed by atoms with E-state index in [2.05, 4.69) is 6.92 Å². The Labute approximate surface area is 161 Å². The van der Waals surface area contributed by atoms with Crippen LogP contribution in [0.2, 0.25) is 0 Å². The summed E-state index contributed by atoms with van der Waals surface area (Å²) in [7, 11) is -4.19. The van der Waals surface area contributed by atoms with Crippen molar-refractivity contribution < 1.29 is 38.8 Å². The second kappa shape index (κ2) is 12.5. The molecule has 27 heavy (non-hydrogen) atoms. The Hall–Kier alpha value is -0.0800. The van der Waals surface area contributed by atoms with Gasteiger partial charge in [0, 0.05) is 6.16 Å². The predicted octanol–water partition coefficient (Wildman–Crippen LogP) is 2.27. The molecule has 7 nitrogen and oxygen atoms in total. The summed E-state index contributed by atoms with van der Waals surface area (Å²) in [5.41, 5.74) is 0. The van der Waals surface area contributed by atoms with E-state index in [4.69, 9.17) is 4.52 Å². The van der Waals surface area contributed by atoms with E-state index >= 15 is 0 Å². The number of hydrogen-bond acceptors (Lipinski definition) is 6. The smallest absolute Gasteiger partial charge is 0.328 e. The van der Waals surface area contributed by atoms with E-state index in [0.717, 1.165) is 25.7 Å². The highest BCUT2D eigenvalue weighted by atomic mass is 31.2. The molecule has 0 aromatic rings. The molecule has 9 heteroatoms. The van der Waals surface area contributed by atoms with Gasteiger partial charge in [-0.05, 0) is 6.42 Å². The van der Waals surface area contributed by atoms with Crippen LogP contribution in [0.3, 0.4) is 0 Å². The molecule has 1 fully saturated rings. The Balaban J connectivity index is 2.26. The van der Waals surface area contributed by atoms with E-state index in [1.807, 2.05) is 0 Å². The van der Waals surface area contributed by atoms with Crippen LogP contribution in [0, 0.1) is 0 Å². The standard InChI is InChI=1S/C18H36FO7P/c1-2-3-4-5-6-7-8-9-10-11-12-27(24,25)26-18-13(19)14(20)15(21)16(22)17(18)23/h13-18,20-23H,2-12H2,1H3,(H,24,25)/t13-,14+,15-,16+,17-,18-/m0/s1. The van der Waals surface area contributed by atoms with Gasteiger partial charge in [0.1, 0.15) is 30.5 Å². The van der Waals surface area contributed by atoms with Crippen molar-refractivity contribution >= 4 is 7.60 Å². The van der Waals surface area contributed by atoms with Gasteiger partial charge in [-0.2, -0.15) is 0 Å². The first-order valence-electron chi connectivity index (χ1n) is 10.1. The van der Waals surface area contributed by atoms with E-state index in [9.17, 15) is 34.3 Å². The molecule has 0 radical (unpaired) electrons. The average molecular weight is 414 g/mol. The maximum absolute atomic E-state index is 14.0. The Kier molecular flexibility index (Phi) is 11.5. The fourth-order valence-corrected chi connectivity index (χ4v) is 4.68. The molecule has 0 aromatic heterocycles. The van der Waals surface area contributed by atoms with Gasteiger partial charge in [-0.3, -0.25) is 9.09 Å². The van der Waals surface area contributed by atoms with Crippen molar-refractivity contribution in [3.05, 3.63) is 0 Å². The lowest BCUT2D eigenvalue weighted by molar-refractivity contribution is -0.201. The summed E-state index contributed by atoms with van der Waals surface area (Å²) in [6.45, 7) is 2.18. The molecule has 0 heterocycles. The largest absolute Gasteiger partial charge is 0.387 e. The van der Waals surface area contributed by atoms with E-state index in [1.165, 1.54) is 32.1 Å². The molecule has 0 aromatic carbocycles. The highest BCUT2D eigenvalue weighted by Crippen LogP contribution is 2.47. The molecule has 0 spiro atoms. The third-order valence-electron chi connectivity index (χ3n) is 5.11. The zero-order valence-corrected chi connectivity index (χ0v) is 17.0. The van der Waals surface area contributed by atoms with E-state index < -0.39 is 44.3 Å². The number of rotatable bonds is 13. The quantitative estimate of drug-likeness (QED) is 0.231. The van der Waals surface area contributed by atoms with Crippen molar-refractivity contribution in [2.45, 2.75) is 108 Å². The van der Waals surface area contributed by atoms with Gasteiger partial charge in [-0.15, -0.1) is 0 Å². The van der Waals surface area contributed by atoms with Crippen LogP contribution in [0.25, 0.3) is 0 Å². The van der Waals surface area contributed by atoms with E-state index in [-0.39, 0.29) is 6.16 Å². The van der Waals surface area contributed by atoms with Crippen molar-refractivity contribution in [3.8, 4) is 0 Å². The Bertz CT molecular complexity index is 437. The number of halogens is 1. The van der Waals surface area contributed by atoms with Crippen molar-refractivity contribution in [3.63, 3.8) is 0 Å². The second-order valence-corrected chi connectivity index (χ2v) is 9.45. The minimum atomic E-state index is -4.19. The highest BCUT2D eigenvalue weighted by molar-refractivity contribution is 7.52. The molecule has 5 N–H and O–H groups in total. The molecule has 162 valence electrons. The van der Waals surface area contributed by atoms with Crippen molar-refractivity contribution in [1.29, 1.82) is 0 Å². The molecular weight excluding hydrogens is 378 g/mol. The highest BCUT2D eigenvalue weighted by Gasteiger charge is 2.51. The van der Waals surface area contributed by atoms with Crippen LogP contribution < -0.4 is 0 Å². The lowest BCUT2D eigenvalue weighted by Gasteiger charge is -2.40. The molecule has 7 atom stereocenters. The van der Waals surface area contributed by atoms with Crippen LogP contribution in [0.1, 0.15) is 71.1 Å². The average Bonchev–Trinajstić information content (AvgIpc) is 2.63. The summed E-state index contributed by atoms with van der Waals surface area (Å²) in [5, 5.41) is 38.3. The monoisotopic (exact) mass is 414 g/mol. The summed E-state index contributed by atoms with van der Waals surface area (Å²) in [4.78, 5) is 9.89. The van der Waals surface area contributed by atoms with Gasteiger partial charge in [-0.1, -0.05) is 64.7 Å². The Morgan fingerprint density at radius 2 is 1.22 bits per heavy atom. The predicted molar refractivity (Wildman–Crippen MR) is 100 cm³/mol. The number of unbranched alkanes of at least 4 members (excludes halogenated alkanes) is 9. The topological polar surface area (TPSA) is 127 Å². The number of aliphatic hydroxyl groups excluding tert-OH is 4. The van der Waals surface area contributed by atoms with Crippen molar-refractivity contribution in [2.24, 2.45) is 0 Å². The zero-order valence-electron chi connectivity index (χ0n) is 16.1. The lowest BCUT2D eigenvalue weighted by atomic mass is 9.86. The summed E-state index contributed by atoms with van der Waals surface area (Å²) in [5.74, 6) is 0. The van der Waals surface area contributed by atoms with Crippen molar-refractivity contribution in [1.82, 2.24) is 0 Å². The molecule has 0 bridgehead atoms. The van der Waals surface area contributed by atoms with Gasteiger partial charge in [-0.25, -0.2) is 4.39 Å². The van der Waals surface area contributed by atoms with Gasteiger partial charge in [0.2, 0.25) is 0 Å². The summed E-state index contributed by atoms with van der Waals surface area (Å²) in [6.07, 6.45) is -1.41. The summed E-state index contributed by atoms with van der Waals surface area (Å²) in [6, 6.07) is 0. The Morgan fingerprint density at radius 1 is 0.778 bits per heavy atom. The molecular formula is C18H36FO7P. The Morgan fingerprint density at radius 3 is 1.74 bits per heavy atom. The first-order chi connectivity index (χ1) is 12.7. The van der Waals surface area contributed by atoms with Gasteiger partial charge < -0.3 is 25.3 Å². The minimum absolute atomic E-state index is 0.186. The molecule has 1 unspecified atom stereocenters. The van der Waals surface area contributed by atoms with Crippen LogP contribution in [0.15, 0.2) is 0 Å². The first kappa shape index (κ1) is 25.0. The molecule has 1 rings (SSSR count). The van der Waals surface area contributed by atoms with Crippen LogP contribution in [0.5, 0.6) is 0 Å². The maximum Gasteiger partial charge on any atom is 0.328 e. The normalized spacial score (nSPS) is 33.7. The minimum Gasteiger partial charge on any atom is -0.387 e. The SMILES string of the molecule is CCCCCCCCCCCCP(=O)(O)O[C@@H]1[C@@H](O)[C@H](O)[C@@H](O)[C@H](O)[C@@H]1F. The van der Waals surface area contributed by atoms with Gasteiger partial charge in [0.15, 0.2) is 6.17 Å². The van der Waals surface area contributed by atoms with Crippen LogP contribution in [0.4, 0.5) is 4.39 Å². The molecule has 1 aliphatic rings. The van der Waals surface area contributed by atoms with Gasteiger partial charge in [0.05, 0.1) is 0 Å². The molecule has 1 aliphatic carbocycles. The second-order valence-electron chi connectivity index (χ2n) is 7.52. The zero-order chi connectivity index (χ0) is 20.4. The van der Waals surface area contributed by atoms with Gasteiger partial charge >= 0.3 is 7.60 Å². The molecule has 0 amide bonds. The van der Waals surface area contributed by atoms with Crippen molar-refractivity contribution in [2.75, 3.05) is 6.16 Å². The molecule has 1 saturated carbocycles. The number of alkyl halides is 1. The number of aliphatic hydroxyl groups is 4. The van der Waals surface area contributed by atoms with E-state index in [0.29, 0.717) is 6.42 Å². The molecule has 0 saturated heterocycles. The summed E-state index contributed by atoms with van der Waals surface area (Å²) >= 11 is 0. The third kappa shape index (κ3) is 8.44. The third-order valence-corrected chi connectivity index (χ3v) is 6.56. The first-order valence-corrected chi connectivity index (χ1v) is 11.8. The fraction of sp³-hybridized carbons (Fsp3) is 1.00. The van der Waals surface area contributed by atoms with Crippen LogP contribution in [-0.2, 0) is 9.09 Å². The van der Waals surface area contributed by atoms with Gasteiger partial charge in [0.25, 0.3) is 0 Å². The fourth-order valence-electron chi connectivity index (χ4n) is 3.33.